The molecule has 2 aliphatic rings. The third kappa shape index (κ3) is 9.52. The number of rotatable bonds is 10. The number of hydrogen-bond acceptors (Lipinski definition) is 10. The lowest BCUT2D eigenvalue weighted by atomic mass is 9.93. The summed E-state index contributed by atoms with van der Waals surface area (Å²) in [5.74, 6) is 2.77. The van der Waals surface area contributed by atoms with E-state index in [2.05, 4.69) is 91.5 Å². The number of piperidine rings is 2. The van der Waals surface area contributed by atoms with Crippen LogP contribution in [0, 0.1) is 13.8 Å². The molecule has 6 aromatic heterocycles. The molecule has 77 heavy (non-hydrogen) atoms. The molecule has 2 fully saturated rings. The standard InChI is InChI=1S/C31H33N5O3S.C29H31N5O2S/c1-20(2)23-9-11-24(12-10-23)30-33-28(25-6-5-16-34(18-25)22(4)37)29-27-15-17-36(31(27)32-19-35(29)30)40(38,39)26-13-7-21(3)8-14-26;1-19(2)21-8-10-22(11-9-21)28-32-26(23-5-4-15-30-17-23)27-25-14-16-34(29(25)31-18-33(27)28)37(35,36)24-12-6-20(3)7-13-24/h7-15,17,19-20,25H,5-6,16,18H2,1-4H3;6-14,16,18-19,23,30H,4-5,15,17H2,1-3H3. The van der Waals surface area contributed by atoms with Crippen molar-refractivity contribution in [1.29, 1.82) is 0 Å². The molecular formula is C60H64N10O5S2. The van der Waals surface area contributed by atoms with Crippen LogP contribution in [0.25, 0.3) is 55.9 Å². The number of hydrogen-bond donors (Lipinski definition) is 1. The molecule has 0 aliphatic carbocycles. The second-order valence-electron chi connectivity index (χ2n) is 21.3. The number of aromatic nitrogens is 8. The number of carbonyl (C=O) groups is 1. The maximum atomic E-state index is 13.6. The van der Waals surface area contributed by atoms with Crippen LogP contribution in [-0.4, -0.2) is 90.5 Å². The van der Waals surface area contributed by atoms with E-state index in [4.69, 9.17) is 9.97 Å². The lowest BCUT2D eigenvalue weighted by Gasteiger charge is -2.31. The Morgan fingerprint density at radius 1 is 0.584 bits per heavy atom. The highest BCUT2D eigenvalue weighted by Crippen LogP contribution is 2.38. The number of imidazole rings is 2. The summed E-state index contributed by atoms with van der Waals surface area (Å²) in [7, 11) is -7.64. The molecule has 2 unspecified atom stereocenters. The van der Waals surface area contributed by atoms with Crippen molar-refractivity contribution in [2.75, 3.05) is 26.2 Å². The van der Waals surface area contributed by atoms with Gasteiger partial charge >= 0.3 is 0 Å². The third-order valence-corrected chi connectivity index (χ3v) is 18.8. The molecule has 12 rings (SSSR count). The zero-order chi connectivity index (χ0) is 53.9. The van der Waals surface area contributed by atoms with Crippen molar-refractivity contribution in [3.05, 3.63) is 168 Å². The summed E-state index contributed by atoms with van der Waals surface area (Å²) >= 11 is 0. The molecule has 15 nitrogen and oxygen atoms in total. The van der Waals surface area contributed by atoms with Gasteiger partial charge in [0, 0.05) is 72.7 Å². The van der Waals surface area contributed by atoms with E-state index < -0.39 is 20.0 Å². The molecule has 0 saturated carbocycles. The number of nitrogens with one attached hydrogen (secondary N) is 1. The van der Waals surface area contributed by atoms with Crippen LogP contribution in [0.15, 0.2) is 144 Å². The smallest absolute Gasteiger partial charge is 0.269 e. The maximum Gasteiger partial charge on any atom is 0.269 e. The van der Waals surface area contributed by atoms with Gasteiger partial charge in [0.25, 0.3) is 20.0 Å². The second-order valence-corrected chi connectivity index (χ2v) is 24.9. The van der Waals surface area contributed by atoms with E-state index >= 15 is 0 Å². The number of nitrogens with zero attached hydrogens (tertiary/aromatic N) is 9. The highest BCUT2D eigenvalue weighted by Gasteiger charge is 2.31. The summed E-state index contributed by atoms with van der Waals surface area (Å²) in [5.41, 5.74) is 10.9. The Kier molecular flexibility index (Phi) is 13.7. The summed E-state index contributed by atoms with van der Waals surface area (Å²) in [6, 6.07) is 34.3. The number of carbonyl (C=O) groups excluding carboxylic acids is 1. The molecule has 2 atom stereocenters. The van der Waals surface area contributed by atoms with E-state index in [0.29, 0.717) is 35.1 Å². The van der Waals surface area contributed by atoms with E-state index in [1.54, 1.807) is 68.4 Å². The van der Waals surface area contributed by atoms with Crippen LogP contribution in [0.3, 0.4) is 0 Å². The van der Waals surface area contributed by atoms with Gasteiger partial charge in [-0.3, -0.25) is 13.6 Å². The molecule has 8 heterocycles. The topological polar surface area (TPSA) is 171 Å². The summed E-state index contributed by atoms with van der Waals surface area (Å²) in [4.78, 5) is 34.2. The van der Waals surface area contributed by atoms with Crippen LogP contribution in [0.4, 0.5) is 0 Å². The lowest BCUT2D eigenvalue weighted by Crippen LogP contribution is -2.37. The van der Waals surface area contributed by atoms with Crippen molar-refractivity contribution in [2.45, 2.75) is 108 Å². The molecule has 0 bridgehead atoms. The van der Waals surface area contributed by atoms with Crippen LogP contribution in [0.5, 0.6) is 0 Å². The predicted octanol–water partition coefficient (Wildman–Crippen LogP) is 11.2. The molecule has 1 N–H and O–H groups in total. The molecule has 0 radical (unpaired) electrons. The average molecular weight is 1070 g/mol. The van der Waals surface area contributed by atoms with Crippen molar-refractivity contribution in [2.24, 2.45) is 0 Å². The Morgan fingerprint density at radius 2 is 1.03 bits per heavy atom. The summed E-state index contributed by atoms with van der Waals surface area (Å²) in [6.45, 7) is 17.3. The molecule has 2 aliphatic heterocycles. The van der Waals surface area contributed by atoms with Crippen LogP contribution >= 0.6 is 0 Å². The number of benzene rings is 4. The van der Waals surface area contributed by atoms with Gasteiger partial charge in [0.15, 0.2) is 11.3 Å². The van der Waals surface area contributed by atoms with Gasteiger partial charge in [-0.05, 0) is 105 Å². The highest BCUT2D eigenvalue weighted by atomic mass is 32.2. The van der Waals surface area contributed by atoms with Gasteiger partial charge in [0.1, 0.15) is 24.3 Å². The fraction of sp³-hybridized carbons (Fsp3) is 0.317. The third-order valence-electron chi connectivity index (χ3n) is 15.4. The SMILES string of the molecule is CC(=O)N1CCCC(c2nc(-c3ccc(C(C)C)cc3)n3cnc4c(ccn4S(=O)(=O)c4ccc(C)cc4)c23)C1.Cc1ccc(S(=O)(=O)n2ccc3c2ncn2c(-c4ccc(C(C)C)cc4)nc(C4CCCNC4)c32)cc1. The Hall–Kier alpha value is -7.47. The first-order valence-electron chi connectivity index (χ1n) is 26.6. The Labute approximate surface area is 449 Å². The molecule has 10 aromatic rings. The minimum absolute atomic E-state index is 0.0268. The largest absolute Gasteiger partial charge is 0.342 e. The summed E-state index contributed by atoms with van der Waals surface area (Å²) < 4.78 is 60.9. The normalized spacial score (nSPS) is 16.5. The quantitative estimate of drug-likeness (QED) is 0.139. The fourth-order valence-electron chi connectivity index (χ4n) is 10.9. The van der Waals surface area contributed by atoms with Crippen LogP contribution in [-0.2, 0) is 24.8 Å². The number of amides is 1. The van der Waals surface area contributed by atoms with E-state index in [9.17, 15) is 21.6 Å². The number of likely N-dealkylation sites (tertiary alicyclic amines) is 1. The first-order chi connectivity index (χ1) is 37.0. The maximum absolute atomic E-state index is 13.6. The van der Waals surface area contributed by atoms with Crippen LogP contribution in [0.2, 0.25) is 0 Å². The monoisotopic (exact) mass is 1070 g/mol. The van der Waals surface area contributed by atoms with Gasteiger partial charge in [-0.1, -0.05) is 112 Å². The second kappa shape index (κ2) is 20.5. The lowest BCUT2D eigenvalue weighted by molar-refractivity contribution is -0.130. The van der Waals surface area contributed by atoms with Gasteiger partial charge in [-0.25, -0.2) is 44.7 Å². The zero-order valence-electron chi connectivity index (χ0n) is 44.6. The van der Waals surface area contributed by atoms with Gasteiger partial charge in [0.2, 0.25) is 5.91 Å². The van der Waals surface area contributed by atoms with Crippen molar-refractivity contribution < 1.29 is 21.6 Å². The highest BCUT2D eigenvalue weighted by molar-refractivity contribution is 7.90. The van der Waals surface area contributed by atoms with E-state index in [1.807, 2.05) is 51.8 Å². The van der Waals surface area contributed by atoms with Gasteiger partial charge < -0.3 is 10.2 Å². The summed E-state index contributed by atoms with van der Waals surface area (Å²) in [5, 5.41) is 5.01. The zero-order valence-corrected chi connectivity index (χ0v) is 46.2. The van der Waals surface area contributed by atoms with Crippen molar-refractivity contribution >= 4 is 59.1 Å². The van der Waals surface area contributed by atoms with Crippen molar-refractivity contribution in [3.63, 3.8) is 0 Å². The average Bonchev–Trinajstić information content (AvgIpc) is 4.47. The van der Waals surface area contributed by atoms with E-state index in [0.717, 1.165) is 107 Å². The molecular weight excluding hydrogens is 1000 g/mol. The van der Waals surface area contributed by atoms with Gasteiger partial charge in [-0.2, -0.15) is 0 Å². The Balaban J connectivity index is 0.000000164. The minimum Gasteiger partial charge on any atom is -0.342 e. The van der Waals surface area contributed by atoms with Gasteiger partial charge in [0.05, 0.1) is 32.2 Å². The fourth-order valence-corrected chi connectivity index (χ4v) is 13.5. The van der Waals surface area contributed by atoms with Crippen molar-refractivity contribution in [3.8, 4) is 22.8 Å². The van der Waals surface area contributed by atoms with E-state index in [-0.39, 0.29) is 27.5 Å². The first kappa shape index (κ1) is 51.6. The number of aryl methyl sites for hydroxylation is 2. The van der Waals surface area contributed by atoms with E-state index in [1.165, 1.54) is 19.1 Å². The van der Waals surface area contributed by atoms with Crippen LogP contribution < -0.4 is 5.32 Å². The molecule has 17 heteroatoms. The van der Waals surface area contributed by atoms with Crippen molar-refractivity contribution in [1.82, 2.24) is 46.9 Å². The molecule has 396 valence electrons. The molecule has 1 amide bonds. The Bertz CT molecular complexity index is 4060. The number of fused-ring (bicyclic) bond motifs is 6. The molecule has 0 spiro atoms. The minimum atomic E-state index is -3.85. The first-order valence-corrected chi connectivity index (χ1v) is 29.4. The Morgan fingerprint density at radius 3 is 1.44 bits per heavy atom. The molecule has 4 aromatic carbocycles. The van der Waals surface area contributed by atoms with Gasteiger partial charge in [-0.15, -0.1) is 0 Å². The summed E-state index contributed by atoms with van der Waals surface area (Å²) in [6.07, 6.45) is 10.5. The van der Waals surface area contributed by atoms with Crippen LogP contribution in [0.1, 0.15) is 118 Å². The molecule has 2 saturated heterocycles. The predicted molar refractivity (Wildman–Crippen MR) is 303 cm³/mol.